The third kappa shape index (κ3) is 2.78. The fraction of sp³-hybridized carbons (Fsp3) is 0.467. The highest BCUT2D eigenvalue weighted by atomic mass is 16.3. The summed E-state index contributed by atoms with van der Waals surface area (Å²) in [5.41, 5.74) is 0.703. The number of Topliss-reactive ketones (excluding diaryl/α,β-unsaturated/α-hetero) is 1. The topological polar surface area (TPSA) is 74.6 Å². The van der Waals surface area contributed by atoms with E-state index in [-0.39, 0.29) is 34.3 Å². The van der Waals surface area contributed by atoms with Crippen LogP contribution in [0.3, 0.4) is 0 Å². The molecule has 0 radical (unpaired) electrons. The van der Waals surface area contributed by atoms with Crippen molar-refractivity contribution in [2.24, 2.45) is 5.92 Å². The molecule has 0 bridgehead atoms. The predicted octanol–water partition coefficient (Wildman–Crippen LogP) is 2.94. The molecular weight excluding hydrogens is 244 g/mol. The van der Waals surface area contributed by atoms with Crippen molar-refractivity contribution in [1.29, 1.82) is 0 Å². The van der Waals surface area contributed by atoms with Gasteiger partial charge in [0.05, 0.1) is 5.56 Å². The lowest BCUT2D eigenvalue weighted by Crippen LogP contribution is -2.18. The van der Waals surface area contributed by atoms with E-state index in [2.05, 4.69) is 0 Å². The zero-order chi connectivity index (χ0) is 14.7. The van der Waals surface area contributed by atoms with Gasteiger partial charge in [-0.25, -0.2) is 0 Å². The first-order chi connectivity index (χ1) is 8.84. The summed E-state index contributed by atoms with van der Waals surface area (Å²) in [6.07, 6.45) is 1.24. The monoisotopic (exact) mass is 264 g/mol. The summed E-state index contributed by atoms with van der Waals surface area (Å²) in [6.45, 7) is 6.95. The summed E-state index contributed by atoms with van der Waals surface area (Å²) < 4.78 is 0. The number of hydrogen-bond donors (Lipinski definition) is 2. The second-order valence-electron chi connectivity index (χ2n) is 4.92. The fourth-order valence-corrected chi connectivity index (χ4v) is 2.06. The molecule has 2 N–H and O–H groups in total. The molecule has 0 aromatic heterocycles. The molecule has 0 aliphatic rings. The molecule has 1 rings (SSSR count). The number of aldehydes is 1. The average molecular weight is 264 g/mol. The smallest absolute Gasteiger partial charge is 0.154 e. The maximum Gasteiger partial charge on any atom is 0.154 e. The molecule has 0 amide bonds. The van der Waals surface area contributed by atoms with Crippen LogP contribution in [0.5, 0.6) is 11.5 Å². The molecule has 0 spiro atoms. The van der Waals surface area contributed by atoms with Crippen LogP contribution >= 0.6 is 0 Å². The van der Waals surface area contributed by atoms with Gasteiger partial charge in [-0.1, -0.05) is 20.8 Å². The first kappa shape index (κ1) is 15.2. The number of ketones is 1. The van der Waals surface area contributed by atoms with Crippen molar-refractivity contribution in [2.75, 3.05) is 0 Å². The highest BCUT2D eigenvalue weighted by Crippen LogP contribution is 2.36. The lowest BCUT2D eigenvalue weighted by atomic mass is 9.85. The highest BCUT2D eigenvalue weighted by molar-refractivity contribution is 5.92. The Morgan fingerprint density at radius 2 is 1.95 bits per heavy atom. The number of phenols is 2. The van der Waals surface area contributed by atoms with Crippen molar-refractivity contribution in [3.8, 4) is 11.5 Å². The van der Waals surface area contributed by atoms with E-state index in [4.69, 9.17) is 0 Å². The van der Waals surface area contributed by atoms with Crippen molar-refractivity contribution < 1.29 is 19.8 Å². The minimum absolute atomic E-state index is 0.00625. The third-order valence-electron chi connectivity index (χ3n) is 3.71. The van der Waals surface area contributed by atoms with Gasteiger partial charge in [-0.05, 0) is 25.0 Å². The van der Waals surface area contributed by atoms with Crippen LogP contribution in [0.4, 0.5) is 0 Å². The van der Waals surface area contributed by atoms with Gasteiger partial charge in [-0.2, -0.15) is 0 Å². The van der Waals surface area contributed by atoms with Crippen LogP contribution in [0.25, 0.3) is 0 Å². The van der Waals surface area contributed by atoms with E-state index in [1.807, 2.05) is 13.8 Å². The van der Waals surface area contributed by atoms with Crippen LogP contribution in [0.1, 0.15) is 54.6 Å². The summed E-state index contributed by atoms with van der Waals surface area (Å²) >= 11 is 0. The fourth-order valence-electron chi connectivity index (χ4n) is 2.06. The summed E-state index contributed by atoms with van der Waals surface area (Å²) in [6, 6.07) is 1.39. The largest absolute Gasteiger partial charge is 0.508 e. The van der Waals surface area contributed by atoms with E-state index >= 15 is 0 Å². The Morgan fingerprint density at radius 3 is 2.42 bits per heavy atom. The van der Waals surface area contributed by atoms with E-state index in [1.165, 1.54) is 13.0 Å². The van der Waals surface area contributed by atoms with Gasteiger partial charge in [0.1, 0.15) is 17.3 Å². The van der Waals surface area contributed by atoms with Gasteiger partial charge in [0.15, 0.2) is 6.29 Å². The van der Waals surface area contributed by atoms with Crippen molar-refractivity contribution in [2.45, 2.75) is 40.0 Å². The van der Waals surface area contributed by atoms with Crippen molar-refractivity contribution in [3.05, 3.63) is 22.8 Å². The third-order valence-corrected chi connectivity index (χ3v) is 3.71. The van der Waals surface area contributed by atoms with Gasteiger partial charge in [-0.3, -0.25) is 9.59 Å². The Balaban J connectivity index is 3.34. The van der Waals surface area contributed by atoms with Crippen LogP contribution in [0, 0.1) is 12.8 Å². The number of carbonyl (C=O) groups is 2. The molecule has 0 aliphatic heterocycles. The Kier molecular flexibility index (Phi) is 4.70. The van der Waals surface area contributed by atoms with Crippen molar-refractivity contribution in [1.82, 2.24) is 0 Å². The van der Waals surface area contributed by atoms with Crippen LogP contribution in [0.2, 0.25) is 0 Å². The summed E-state index contributed by atoms with van der Waals surface area (Å²) in [5, 5.41) is 19.6. The number of benzene rings is 1. The quantitative estimate of drug-likeness (QED) is 0.802. The van der Waals surface area contributed by atoms with E-state index in [0.29, 0.717) is 18.3 Å². The van der Waals surface area contributed by atoms with Gasteiger partial charge < -0.3 is 10.2 Å². The van der Waals surface area contributed by atoms with Crippen LogP contribution in [0.15, 0.2) is 6.07 Å². The second-order valence-corrected chi connectivity index (χ2v) is 4.92. The van der Waals surface area contributed by atoms with E-state index in [1.54, 1.807) is 6.92 Å². The molecule has 0 heterocycles. The molecule has 0 saturated heterocycles. The zero-order valence-electron chi connectivity index (χ0n) is 11.7. The van der Waals surface area contributed by atoms with Crippen LogP contribution in [-0.4, -0.2) is 22.3 Å². The number of rotatable bonds is 5. The summed E-state index contributed by atoms with van der Waals surface area (Å²) in [4.78, 5) is 23.3. The van der Waals surface area contributed by atoms with Crippen molar-refractivity contribution >= 4 is 12.1 Å². The van der Waals surface area contributed by atoms with Gasteiger partial charge in [0.25, 0.3) is 0 Å². The van der Waals surface area contributed by atoms with E-state index < -0.39 is 5.92 Å². The molecule has 19 heavy (non-hydrogen) atoms. The Morgan fingerprint density at radius 1 is 1.37 bits per heavy atom. The second kappa shape index (κ2) is 5.87. The average Bonchev–Trinajstić information content (AvgIpc) is 2.41. The Hall–Kier alpha value is -1.84. The molecule has 0 aliphatic carbocycles. The first-order valence-electron chi connectivity index (χ1n) is 6.39. The van der Waals surface area contributed by atoms with E-state index in [9.17, 15) is 19.8 Å². The van der Waals surface area contributed by atoms with Gasteiger partial charge in [0, 0.05) is 17.4 Å². The summed E-state index contributed by atoms with van der Waals surface area (Å²) in [7, 11) is 0. The molecular formula is C15H20O4. The normalized spacial score (nSPS) is 13.9. The van der Waals surface area contributed by atoms with E-state index in [0.717, 1.165) is 0 Å². The number of aromatic hydroxyl groups is 2. The van der Waals surface area contributed by atoms with Gasteiger partial charge in [-0.15, -0.1) is 0 Å². The van der Waals surface area contributed by atoms with Gasteiger partial charge in [0.2, 0.25) is 0 Å². The Labute approximate surface area is 113 Å². The molecule has 2 atom stereocenters. The maximum absolute atomic E-state index is 12.2. The molecule has 1 aromatic carbocycles. The van der Waals surface area contributed by atoms with Crippen LogP contribution < -0.4 is 0 Å². The molecule has 4 heteroatoms. The minimum Gasteiger partial charge on any atom is -0.508 e. The van der Waals surface area contributed by atoms with Crippen LogP contribution in [-0.2, 0) is 4.79 Å². The molecule has 1 aromatic rings. The standard InChI is InChI=1S/C15H20O4/c1-5-8(2)14(18)9(3)11-6-13(17)10(4)15(19)12(11)7-16/h6-9,17,19H,5H2,1-4H3/t8-,9-/m1/s1. The lowest BCUT2D eigenvalue weighted by molar-refractivity contribution is -0.123. The zero-order valence-corrected chi connectivity index (χ0v) is 11.7. The molecule has 4 nitrogen and oxygen atoms in total. The van der Waals surface area contributed by atoms with Gasteiger partial charge >= 0.3 is 0 Å². The Bertz CT molecular complexity index is 505. The molecule has 0 fully saturated rings. The predicted molar refractivity (Wildman–Crippen MR) is 72.8 cm³/mol. The highest BCUT2D eigenvalue weighted by Gasteiger charge is 2.25. The lowest BCUT2D eigenvalue weighted by Gasteiger charge is -2.18. The SMILES string of the molecule is CC[C@@H](C)C(=O)[C@H](C)c1cc(O)c(C)c(O)c1C=O. The molecule has 0 saturated carbocycles. The molecule has 0 unspecified atom stereocenters. The maximum atomic E-state index is 12.2. The first-order valence-corrected chi connectivity index (χ1v) is 6.39. The summed E-state index contributed by atoms with van der Waals surface area (Å²) in [5.74, 6) is -1.03. The minimum atomic E-state index is -0.535. The van der Waals surface area contributed by atoms with Crippen molar-refractivity contribution in [3.63, 3.8) is 0 Å². The number of hydrogen-bond acceptors (Lipinski definition) is 4. The number of phenolic OH excluding ortho intramolecular Hbond substituents is 2. The molecule has 104 valence electrons. The number of carbonyl (C=O) groups excluding carboxylic acids is 2.